The van der Waals surface area contributed by atoms with Crippen molar-refractivity contribution in [2.45, 2.75) is 77.0 Å². The van der Waals surface area contributed by atoms with Crippen molar-refractivity contribution >= 4 is 23.1 Å². The topological polar surface area (TPSA) is 12.4 Å². The van der Waals surface area contributed by atoms with Gasteiger partial charge in [0.1, 0.15) is 5.69 Å². The fourth-order valence-electron chi connectivity index (χ4n) is 5.25. The van der Waals surface area contributed by atoms with Crippen LogP contribution in [0, 0.1) is 29.4 Å². The van der Waals surface area contributed by atoms with Crippen LogP contribution in [-0.4, -0.2) is 5.16 Å². The van der Waals surface area contributed by atoms with E-state index in [0.717, 1.165) is 36.2 Å². The van der Waals surface area contributed by atoms with Crippen molar-refractivity contribution in [3.8, 4) is 0 Å². The summed E-state index contributed by atoms with van der Waals surface area (Å²) in [5.41, 5.74) is 0.453. The Labute approximate surface area is 161 Å². The molecule has 2 saturated carbocycles. The molecule has 2 fully saturated rings. The lowest BCUT2D eigenvalue weighted by molar-refractivity contribution is 0.156. The number of halogens is 2. The molecule has 0 spiro atoms. The van der Waals surface area contributed by atoms with Crippen LogP contribution >= 0.6 is 12.2 Å². The van der Waals surface area contributed by atoms with Gasteiger partial charge in [-0.15, -0.1) is 0 Å². The quantitative estimate of drug-likeness (QED) is 0.380. The lowest BCUT2D eigenvalue weighted by Gasteiger charge is -2.38. The monoisotopic (exact) mass is 377 g/mol. The van der Waals surface area contributed by atoms with E-state index in [4.69, 9.17) is 0 Å². The van der Waals surface area contributed by atoms with E-state index in [1.54, 1.807) is 0 Å². The van der Waals surface area contributed by atoms with Crippen molar-refractivity contribution in [3.63, 3.8) is 0 Å². The average Bonchev–Trinajstić information content (AvgIpc) is 2.66. The summed E-state index contributed by atoms with van der Waals surface area (Å²) in [4.78, 5) is 3.50. The third-order valence-corrected chi connectivity index (χ3v) is 6.79. The highest BCUT2D eigenvalue weighted by molar-refractivity contribution is 7.78. The number of aliphatic imine (C=N–C) groups is 1. The number of hydrogen-bond acceptors (Lipinski definition) is 2. The van der Waals surface area contributed by atoms with Gasteiger partial charge in [0.2, 0.25) is 0 Å². The molecule has 0 N–H and O–H groups in total. The summed E-state index contributed by atoms with van der Waals surface area (Å²) in [6, 6.07) is 2.88. The average molecular weight is 378 g/mol. The van der Waals surface area contributed by atoms with Gasteiger partial charge in [-0.05, 0) is 92.1 Å². The van der Waals surface area contributed by atoms with Gasteiger partial charge < -0.3 is 0 Å². The first-order valence-corrected chi connectivity index (χ1v) is 10.6. The minimum absolute atomic E-state index is 0.261. The number of benzene rings is 1. The second-order valence-electron chi connectivity index (χ2n) is 8.22. The molecule has 0 heterocycles. The predicted octanol–water partition coefficient (Wildman–Crippen LogP) is 7.58. The molecular formula is C22H29F2NS. The molecule has 0 saturated heterocycles. The van der Waals surface area contributed by atoms with Crippen molar-refractivity contribution in [2.75, 3.05) is 0 Å². The van der Waals surface area contributed by atoms with Crippen LogP contribution in [0.3, 0.4) is 0 Å². The SMILES string of the molecule is CCCC1CCC(C2CCC(c3cc(F)c(N=C=S)c(F)c3)CC2)CC1. The van der Waals surface area contributed by atoms with Gasteiger partial charge in [-0.3, -0.25) is 0 Å². The third-order valence-electron chi connectivity index (χ3n) is 6.69. The van der Waals surface area contributed by atoms with Crippen LogP contribution in [0.25, 0.3) is 0 Å². The van der Waals surface area contributed by atoms with E-state index >= 15 is 0 Å². The van der Waals surface area contributed by atoms with E-state index in [1.165, 1.54) is 63.5 Å². The van der Waals surface area contributed by atoms with Gasteiger partial charge in [0.15, 0.2) is 11.6 Å². The van der Waals surface area contributed by atoms with Crippen molar-refractivity contribution in [1.82, 2.24) is 0 Å². The minimum Gasteiger partial charge on any atom is -0.204 e. The zero-order valence-electron chi connectivity index (χ0n) is 15.6. The lowest BCUT2D eigenvalue weighted by Crippen LogP contribution is -2.25. The largest absolute Gasteiger partial charge is 0.204 e. The number of isothiocyanates is 1. The molecule has 0 aliphatic heterocycles. The zero-order valence-corrected chi connectivity index (χ0v) is 16.5. The van der Waals surface area contributed by atoms with Gasteiger partial charge in [-0.25, -0.2) is 8.78 Å². The molecule has 2 aliphatic carbocycles. The Balaban J connectivity index is 1.57. The highest BCUT2D eigenvalue weighted by Gasteiger charge is 2.31. The van der Waals surface area contributed by atoms with Crippen LogP contribution in [0.2, 0.25) is 0 Å². The molecule has 3 rings (SSSR count). The van der Waals surface area contributed by atoms with E-state index in [0.29, 0.717) is 0 Å². The Kier molecular flexibility index (Phi) is 6.94. The number of hydrogen-bond donors (Lipinski definition) is 0. The van der Waals surface area contributed by atoms with Gasteiger partial charge in [-0.1, -0.05) is 32.6 Å². The Morgan fingerprint density at radius 3 is 2.00 bits per heavy atom. The number of thiocarbonyl (C=S) groups is 1. The summed E-state index contributed by atoms with van der Waals surface area (Å²) in [6.07, 6.45) is 12.7. The molecule has 0 atom stereocenters. The Bertz CT molecular complexity index is 629. The Morgan fingerprint density at radius 1 is 0.962 bits per heavy atom. The van der Waals surface area contributed by atoms with Gasteiger partial charge >= 0.3 is 0 Å². The van der Waals surface area contributed by atoms with Crippen molar-refractivity contribution in [3.05, 3.63) is 29.3 Å². The predicted molar refractivity (Wildman–Crippen MR) is 106 cm³/mol. The molecule has 1 nitrogen and oxygen atoms in total. The molecule has 2 aliphatic rings. The van der Waals surface area contributed by atoms with Crippen molar-refractivity contribution in [1.29, 1.82) is 0 Å². The van der Waals surface area contributed by atoms with Crippen LogP contribution in [0.15, 0.2) is 17.1 Å². The van der Waals surface area contributed by atoms with E-state index < -0.39 is 11.6 Å². The van der Waals surface area contributed by atoms with Gasteiger partial charge in [0, 0.05) is 0 Å². The minimum atomic E-state index is -0.631. The van der Waals surface area contributed by atoms with E-state index in [9.17, 15) is 8.78 Å². The molecule has 142 valence electrons. The maximum atomic E-state index is 14.1. The summed E-state index contributed by atoms with van der Waals surface area (Å²) in [6.45, 7) is 2.28. The first kappa shape index (κ1) is 19.6. The second-order valence-corrected chi connectivity index (χ2v) is 8.40. The van der Waals surface area contributed by atoms with Crippen molar-refractivity contribution in [2.24, 2.45) is 22.7 Å². The lowest BCUT2D eigenvalue weighted by atomic mass is 9.68. The molecule has 0 aromatic heterocycles. The maximum Gasteiger partial charge on any atom is 0.152 e. The van der Waals surface area contributed by atoms with Gasteiger partial charge in [0.25, 0.3) is 0 Å². The summed E-state index contributed by atoms with van der Waals surface area (Å²) in [5, 5.41) is 2.05. The molecule has 0 bridgehead atoms. The number of rotatable bonds is 5. The highest BCUT2D eigenvalue weighted by atomic mass is 32.1. The fourth-order valence-corrected chi connectivity index (χ4v) is 5.35. The summed E-state index contributed by atoms with van der Waals surface area (Å²) in [7, 11) is 0. The number of nitrogens with zero attached hydrogens (tertiary/aromatic N) is 1. The van der Waals surface area contributed by atoms with E-state index in [-0.39, 0.29) is 11.6 Å². The zero-order chi connectivity index (χ0) is 18.5. The van der Waals surface area contributed by atoms with Crippen LogP contribution in [0.5, 0.6) is 0 Å². The molecule has 4 heteroatoms. The summed E-state index contributed by atoms with van der Waals surface area (Å²) >= 11 is 4.46. The molecule has 0 unspecified atom stereocenters. The second kappa shape index (κ2) is 9.19. The smallest absolute Gasteiger partial charge is 0.152 e. The third kappa shape index (κ3) is 4.58. The molecule has 1 aromatic carbocycles. The molecular weight excluding hydrogens is 348 g/mol. The fraction of sp³-hybridized carbons (Fsp3) is 0.682. The van der Waals surface area contributed by atoms with E-state index in [2.05, 4.69) is 24.1 Å². The molecule has 26 heavy (non-hydrogen) atoms. The Hall–Kier alpha value is -1.12. The van der Waals surface area contributed by atoms with Crippen LogP contribution in [0.1, 0.15) is 82.6 Å². The first-order chi connectivity index (χ1) is 12.6. The Morgan fingerprint density at radius 2 is 1.50 bits per heavy atom. The van der Waals surface area contributed by atoms with E-state index in [1.807, 2.05) is 5.16 Å². The molecule has 0 radical (unpaired) electrons. The standard InChI is InChI=1S/C22H29F2NS/c1-2-3-15-4-6-16(7-5-15)17-8-10-18(11-9-17)19-12-20(23)22(25-14-26)21(24)13-19/h12-13,15-18H,2-11H2,1H3. The highest BCUT2D eigenvalue weighted by Crippen LogP contribution is 2.45. The normalized spacial score (nSPS) is 29.2. The molecule has 1 aromatic rings. The first-order valence-electron chi connectivity index (χ1n) is 10.2. The van der Waals surface area contributed by atoms with Crippen LogP contribution < -0.4 is 0 Å². The van der Waals surface area contributed by atoms with Crippen LogP contribution in [0.4, 0.5) is 14.5 Å². The summed E-state index contributed by atoms with van der Waals surface area (Å²) in [5.74, 6) is 1.63. The van der Waals surface area contributed by atoms with Gasteiger partial charge in [0.05, 0.1) is 5.16 Å². The maximum absolute atomic E-state index is 14.1. The van der Waals surface area contributed by atoms with Crippen LogP contribution in [-0.2, 0) is 0 Å². The summed E-state index contributed by atoms with van der Waals surface area (Å²) < 4.78 is 28.2. The van der Waals surface area contributed by atoms with Crippen molar-refractivity contribution < 1.29 is 8.78 Å². The van der Waals surface area contributed by atoms with Gasteiger partial charge in [-0.2, -0.15) is 4.99 Å². The molecule has 0 amide bonds.